The maximum Gasteiger partial charge on any atom is 0.245 e. The standard InChI is InChI=1S/C18H19FN2O2/c19-14-9-6-13(7-10-14)8-11-17(22)16(12-20)18(23)21-15-4-2-1-3-5-15/h6-11,15-16H,1-5H2,(H,21,23). The van der Waals surface area contributed by atoms with E-state index in [9.17, 15) is 14.0 Å². The van der Waals surface area contributed by atoms with Crippen LogP contribution < -0.4 is 5.32 Å². The van der Waals surface area contributed by atoms with E-state index in [1.165, 1.54) is 36.4 Å². The van der Waals surface area contributed by atoms with E-state index >= 15 is 0 Å². The molecule has 1 saturated carbocycles. The van der Waals surface area contributed by atoms with Crippen LogP contribution in [-0.4, -0.2) is 17.7 Å². The summed E-state index contributed by atoms with van der Waals surface area (Å²) in [6.45, 7) is 0. The average molecular weight is 314 g/mol. The second-order valence-corrected chi connectivity index (χ2v) is 5.69. The Hall–Kier alpha value is -2.48. The monoisotopic (exact) mass is 314 g/mol. The molecule has 1 unspecified atom stereocenters. The van der Waals surface area contributed by atoms with E-state index in [0.717, 1.165) is 32.1 Å². The van der Waals surface area contributed by atoms with Crippen LogP contribution in [0.2, 0.25) is 0 Å². The van der Waals surface area contributed by atoms with Crippen molar-refractivity contribution in [1.82, 2.24) is 5.32 Å². The lowest BCUT2D eigenvalue weighted by atomic mass is 9.94. The Balaban J connectivity index is 1.95. The number of ketones is 1. The summed E-state index contributed by atoms with van der Waals surface area (Å²) in [6.07, 6.45) is 7.73. The van der Waals surface area contributed by atoms with Gasteiger partial charge in [0.15, 0.2) is 11.7 Å². The highest BCUT2D eigenvalue weighted by Crippen LogP contribution is 2.18. The molecule has 120 valence electrons. The Labute approximate surface area is 135 Å². The third-order valence-corrected chi connectivity index (χ3v) is 3.94. The summed E-state index contributed by atoms with van der Waals surface area (Å²) in [5.41, 5.74) is 0.629. The SMILES string of the molecule is N#CC(C(=O)C=Cc1ccc(F)cc1)C(=O)NC1CCCCC1. The average Bonchev–Trinajstić information content (AvgIpc) is 2.56. The maximum atomic E-state index is 12.8. The number of carbonyl (C=O) groups excluding carboxylic acids is 2. The molecule has 23 heavy (non-hydrogen) atoms. The molecule has 0 spiro atoms. The zero-order valence-corrected chi connectivity index (χ0v) is 12.8. The zero-order valence-electron chi connectivity index (χ0n) is 12.8. The number of hydrogen-bond donors (Lipinski definition) is 1. The van der Waals surface area contributed by atoms with Gasteiger partial charge in [-0.05, 0) is 36.6 Å². The summed E-state index contributed by atoms with van der Waals surface area (Å²) in [5.74, 6) is -2.80. The highest BCUT2D eigenvalue weighted by molar-refractivity contribution is 6.10. The summed E-state index contributed by atoms with van der Waals surface area (Å²) in [6, 6.07) is 7.41. The van der Waals surface area contributed by atoms with Crippen molar-refractivity contribution >= 4 is 17.8 Å². The highest BCUT2D eigenvalue weighted by Gasteiger charge is 2.27. The van der Waals surface area contributed by atoms with E-state index in [2.05, 4.69) is 5.32 Å². The number of nitrogens with zero attached hydrogens (tertiary/aromatic N) is 1. The second-order valence-electron chi connectivity index (χ2n) is 5.69. The number of halogens is 1. The van der Waals surface area contributed by atoms with Gasteiger partial charge in [-0.15, -0.1) is 0 Å². The summed E-state index contributed by atoms with van der Waals surface area (Å²) in [7, 11) is 0. The lowest BCUT2D eigenvalue weighted by Gasteiger charge is -2.23. The summed E-state index contributed by atoms with van der Waals surface area (Å²) in [4.78, 5) is 24.2. The number of rotatable bonds is 5. The van der Waals surface area contributed by atoms with Gasteiger partial charge in [0.1, 0.15) is 5.82 Å². The van der Waals surface area contributed by atoms with Crippen LogP contribution in [0.4, 0.5) is 4.39 Å². The Morgan fingerprint density at radius 2 is 1.87 bits per heavy atom. The molecular weight excluding hydrogens is 295 g/mol. The van der Waals surface area contributed by atoms with Gasteiger partial charge in [0, 0.05) is 6.04 Å². The number of nitrogens with one attached hydrogen (secondary N) is 1. The summed E-state index contributed by atoms with van der Waals surface area (Å²) < 4.78 is 12.8. The highest BCUT2D eigenvalue weighted by atomic mass is 19.1. The Morgan fingerprint density at radius 1 is 1.22 bits per heavy atom. The molecule has 0 aromatic heterocycles. The minimum absolute atomic E-state index is 0.0565. The van der Waals surface area contributed by atoms with Crippen molar-refractivity contribution in [3.8, 4) is 6.07 Å². The summed E-state index contributed by atoms with van der Waals surface area (Å²) >= 11 is 0. The topological polar surface area (TPSA) is 70.0 Å². The molecule has 1 aromatic carbocycles. The van der Waals surface area contributed by atoms with Gasteiger partial charge < -0.3 is 5.32 Å². The molecule has 0 aliphatic heterocycles. The van der Waals surface area contributed by atoms with Gasteiger partial charge in [-0.25, -0.2) is 4.39 Å². The molecule has 1 fully saturated rings. The molecule has 0 bridgehead atoms. The Morgan fingerprint density at radius 3 is 2.48 bits per heavy atom. The lowest BCUT2D eigenvalue weighted by Crippen LogP contribution is -2.41. The van der Waals surface area contributed by atoms with Crippen molar-refractivity contribution in [2.45, 2.75) is 38.1 Å². The molecule has 1 aliphatic rings. The van der Waals surface area contributed by atoms with Crippen molar-refractivity contribution in [3.63, 3.8) is 0 Å². The van der Waals surface area contributed by atoms with Gasteiger partial charge >= 0.3 is 0 Å². The van der Waals surface area contributed by atoms with Crippen molar-refractivity contribution in [2.75, 3.05) is 0 Å². The molecule has 1 atom stereocenters. The van der Waals surface area contributed by atoms with Crippen molar-refractivity contribution in [2.24, 2.45) is 5.92 Å². The lowest BCUT2D eigenvalue weighted by molar-refractivity contribution is -0.130. The molecule has 5 heteroatoms. The van der Waals surface area contributed by atoms with Crippen LogP contribution in [0.3, 0.4) is 0 Å². The van der Waals surface area contributed by atoms with E-state index in [1.807, 2.05) is 0 Å². The van der Waals surface area contributed by atoms with Crippen LogP contribution in [0.25, 0.3) is 6.08 Å². The maximum absolute atomic E-state index is 12.8. The zero-order chi connectivity index (χ0) is 16.7. The van der Waals surface area contributed by atoms with Gasteiger partial charge in [0.05, 0.1) is 6.07 Å². The normalized spacial score (nSPS) is 16.7. The van der Waals surface area contributed by atoms with Gasteiger partial charge in [-0.2, -0.15) is 5.26 Å². The van der Waals surface area contributed by atoms with Crippen LogP contribution in [0.5, 0.6) is 0 Å². The first-order chi connectivity index (χ1) is 11.1. The molecule has 0 radical (unpaired) electrons. The van der Waals surface area contributed by atoms with Gasteiger partial charge in [0.2, 0.25) is 5.91 Å². The molecule has 0 heterocycles. The Bertz CT molecular complexity index is 625. The third-order valence-electron chi connectivity index (χ3n) is 3.94. The fourth-order valence-corrected chi connectivity index (χ4v) is 2.63. The van der Waals surface area contributed by atoms with E-state index in [4.69, 9.17) is 5.26 Å². The molecule has 1 N–H and O–H groups in total. The molecule has 1 aliphatic carbocycles. The first kappa shape index (κ1) is 16.9. The number of hydrogen-bond acceptors (Lipinski definition) is 3. The van der Waals surface area contributed by atoms with Crippen LogP contribution in [0.1, 0.15) is 37.7 Å². The van der Waals surface area contributed by atoms with Crippen LogP contribution in [-0.2, 0) is 9.59 Å². The predicted octanol–water partition coefficient (Wildman–Crippen LogP) is 3.00. The quantitative estimate of drug-likeness (QED) is 0.671. The predicted molar refractivity (Wildman–Crippen MR) is 84.6 cm³/mol. The minimum atomic E-state index is -1.34. The van der Waals surface area contributed by atoms with Gasteiger partial charge in [0.25, 0.3) is 0 Å². The number of carbonyl (C=O) groups is 2. The molecule has 4 nitrogen and oxygen atoms in total. The first-order valence-electron chi connectivity index (χ1n) is 7.77. The van der Waals surface area contributed by atoms with Crippen molar-refractivity contribution in [1.29, 1.82) is 5.26 Å². The minimum Gasteiger partial charge on any atom is -0.352 e. The van der Waals surface area contributed by atoms with Crippen LogP contribution in [0.15, 0.2) is 30.3 Å². The fraction of sp³-hybridized carbons (Fsp3) is 0.389. The van der Waals surface area contributed by atoms with E-state index in [0.29, 0.717) is 5.56 Å². The molecule has 0 saturated heterocycles. The number of nitriles is 1. The first-order valence-corrected chi connectivity index (χ1v) is 7.77. The molecular formula is C18H19FN2O2. The smallest absolute Gasteiger partial charge is 0.245 e. The van der Waals surface area contributed by atoms with Gasteiger partial charge in [-0.1, -0.05) is 37.5 Å². The van der Waals surface area contributed by atoms with Crippen LogP contribution in [0, 0.1) is 23.1 Å². The molecule has 1 amide bonds. The number of benzene rings is 1. The fourth-order valence-electron chi connectivity index (χ4n) is 2.63. The molecule has 1 aromatic rings. The van der Waals surface area contributed by atoms with E-state index in [-0.39, 0.29) is 11.9 Å². The largest absolute Gasteiger partial charge is 0.352 e. The van der Waals surface area contributed by atoms with Gasteiger partial charge in [-0.3, -0.25) is 9.59 Å². The van der Waals surface area contributed by atoms with E-state index in [1.54, 1.807) is 6.07 Å². The van der Waals surface area contributed by atoms with Crippen molar-refractivity contribution < 1.29 is 14.0 Å². The van der Waals surface area contributed by atoms with Crippen LogP contribution >= 0.6 is 0 Å². The number of amides is 1. The van der Waals surface area contributed by atoms with E-state index < -0.39 is 17.6 Å². The van der Waals surface area contributed by atoms with Crippen molar-refractivity contribution in [3.05, 3.63) is 41.7 Å². The third kappa shape index (κ3) is 5.03. The summed E-state index contributed by atoms with van der Waals surface area (Å²) in [5, 5.41) is 11.9. The molecule has 2 rings (SSSR count). The Kier molecular flexibility index (Phi) is 6.04. The number of allylic oxidation sites excluding steroid dienone is 1. The second kappa shape index (κ2) is 8.23.